The van der Waals surface area contributed by atoms with Gasteiger partial charge in [0, 0.05) is 23.2 Å². The molecule has 0 atom stereocenters. The van der Waals surface area contributed by atoms with E-state index in [4.69, 9.17) is 14.0 Å². The van der Waals surface area contributed by atoms with Crippen LogP contribution in [0.2, 0.25) is 0 Å². The maximum atomic E-state index is 12.6. The molecule has 0 radical (unpaired) electrons. The Morgan fingerprint density at radius 2 is 1.12 bits per heavy atom. The van der Waals surface area contributed by atoms with Gasteiger partial charge in [0.1, 0.15) is 12.7 Å². The lowest BCUT2D eigenvalue weighted by atomic mass is 9.80. The zero-order chi connectivity index (χ0) is 42.6. The summed E-state index contributed by atoms with van der Waals surface area (Å²) < 4.78 is 101. The van der Waals surface area contributed by atoms with Crippen LogP contribution in [0, 0.1) is 0 Å². The van der Waals surface area contributed by atoms with Crippen molar-refractivity contribution in [2.45, 2.75) is 64.0 Å². The second-order valence-electron chi connectivity index (χ2n) is 14.0. The summed E-state index contributed by atoms with van der Waals surface area (Å²) in [6, 6.07) is 17.4. The minimum absolute atomic E-state index is 0.181. The molecule has 10 nitrogen and oxygen atoms in total. The van der Waals surface area contributed by atoms with Gasteiger partial charge in [0.25, 0.3) is 0 Å². The number of halogens is 7. The van der Waals surface area contributed by atoms with Crippen LogP contribution >= 0.6 is 15.9 Å². The Balaban J connectivity index is 0.000000171. The quantitative estimate of drug-likeness (QED) is 0.0927. The molecule has 1 aliphatic heterocycles. The van der Waals surface area contributed by atoms with Gasteiger partial charge in [-0.1, -0.05) is 30.3 Å². The number of hydrogen-bond acceptors (Lipinski definition) is 8. The van der Waals surface area contributed by atoms with Crippen LogP contribution in [0.3, 0.4) is 0 Å². The Labute approximate surface area is 338 Å². The summed E-state index contributed by atoms with van der Waals surface area (Å²) in [5.74, 6) is -0.989. The number of methoxy groups -OCH3 is 2. The van der Waals surface area contributed by atoms with Gasteiger partial charge in [0.2, 0.25) is 0 Å². The summed E-state index contributed by atoms with van der Waals surface area (Å²) in [6.45, 7) is 7.78. The first-order chi connectivity index (χ1) is 27.1. The van der Waals surface area contributed by atoms with E-state index in [2.05, 4.69) is 30.6 Å². The molecule has 6 aromatic rings. The van der Waals surface area contributed by atoms with E-state index >= 15 is 0 Å². The van der Waals surface area contributed by atoms with E-state index < -0.39 is 53.7 Å². The Morgan fingerprint density at radius 3 is 1.59 bits per heavy atom. The molecule has 0 amide bonds. The number of nitrogens with zero attached hydrogens (tertiary/aromatic N) is 4. The number of rotatable bonds is 6. The van der Waals surface area contributed by atoms with Crippen LogP contribution in [0.4, 0.5) is 26.3 Å². The molecular formula is C40H38BBrF6N4O6. The molecule has 18 heteroatoms. The first kappa shape index (κ1) is 43.9. The van der Waals surface area contributed by atoms with E-state index in [0.717, 1.165) is 45.4 Å². The Morgan fingerprint density at radius 1 is 0.690 bits per heavy atom. The molecule has 0 spiro atoms. The molecule has 2 aromatic carbocycles. The van der Waals surface area contributed by atoms with Crippen molar-refractivity contribution in [2.75, 3.05) is 14.2 Å². The average molecular weight is 875 g/mol. The van der Waals surface area contributed by atoms with Crippen molar-refractivity contribution in [3.63, 3.8) is 0 Å². The van der Waals surface area contributed by atoms with Crippen molar-refractivity contribution in [1.29, 1.82) is 0 Å². The SMILES string of the molecule is CC1(C)OB(Cc2ccc(C(F)(F)F)cc2)OC1(C)C.COC(=O)c1ncn2cccc(Br)c12.COC(=O)c1ncn2cccc(Cc3ccc(C(F)(F)F)cc3)c12. The van der Waals surface area contributed by atoms with E-state index in [0.29, 0.717) is 29.5 Å². The molecule has 1 aliphatic rings. The zero-order valence-corrected chi connectivity index (χ0v) is 33.7. The highest BCUT2D eigenvalue weighted by Crippen LogP contribution is 2.38. The molecule has 0 N–H and O–H groups in total. The lowest BCUT2D eigenvalue weighted by Crippen LogP contribution is -2.41. The van der Waals surface area contributed by atoms with E-state index in [1.54, 1.807) is 33.5 Å². The largest absolute Gasteiger partial charge is 0.464 e. The van der Waals surface area contributed by atoms with Crippen LogP contribution in [-0.4, -0.2) is 63.2 Å². The molecule has 0 saturated carbocycles. The summed E-state index contributed by atoms with van der Waals surface area (Å²) in [5.41, 5.74) is 1.86. The topological polar surface area (TPSA) is 106 Å². The van der Waals surface area contributed by atoms with E-state index in [9.17, 15) is 35.9 Å². The molecular weight excluding hydrogens is 837 g/mol. The second kappa shape index (κ2) is 17.3. The number of carbonyl (C=O) groups is 2. The predicted octanol–water partition coefficient (Wildman–Crippen LogP) is 9.49. The number of hydrogen-bond donors (Lipinski definition) is 0. The van der Waals surface area contributed by atoms with Crippen LogP contribution < -0.4 is 0 Å². The third kappa shape index (κ3) is 10.1. The normalized spacial score (nSPS) is 14.7. The third-order valence-electron chi connectivity index (χ3n) is 9.57. The fraction of sp³-hybridized carbons (Fsp3) is 0.300. The lowest BCUT2D eigenvalue weighted by Gasteiger charge is -2.32. The number of esters is 2. The van der Waals surface area contributed by atoms with Crippen LogP contribution in [0.1, 0.15) is 76.5 Å². The van der Waals surface area contributed by atoms with Crippen LogP contribution in [0.25, 0.3) is 11.0 Å². The van der Waals surface area contributed by atoms with Crippen molar-refractivity contribution in [2.24, 2.45) is 0 Å². The number of imidazole rings is 2. The highest BCUT2D eigenvalue weighted by atomic mass is 79.9. The number of carbonyl (C=O) groups excluding carboxylic acids is 2. The Hall–Kier alpha value is -5.20. The second-order valence-corrected chi connectivity index (χ2v) is 14.9. The number of alkyl halides is 6. The van der Waals surface area contributed by atoms with Gasteiger partial charge >= 0.3 is 31.4 Å². The van der Waals surface area contributed by atoms with Gasteiger partial charge in [-0.2, -0.15) is 26.3 Å². The number of pyridine rings is 2. The lowest BCUT2D eigenvalue weighted by molar-refractivity contribution is -0.138. The summed E-state index contributed by atoms with van der Waals surface area (Å²) in [7, 11) is 2.17. The van der Waals surface area contributed by atoms with Gasteiger partial charge in [-0.3, -0.25) is 0 Å². The number of ether oxygens (including phenoxy) is 2. The maximum absolute atomic E-state index is 12.6. The molecule has 0 aliphatic carbocycles. The molecule has 5 heterocycles. The zero-order valence-electron chi connectivity index (χ0n) is 32.1. The standard InChI is InChI=1S/C17H13F3N2O2.C14H18BF3O2.C9H7BrN2O2/c1-24-16(23)14-15-12(3-2-8-22(15)10-21-14)9-11-4-6-13(7-5-11)17(18,19)20;1-12(2)13(3,4)20-15(19-12)9-10-5-7-11(8-6-10)14(16,17)18;1-14-9(13)7-8-6(10)3-2-4-12(8)5-11-7/h2-8,10H,9H2,1H3;5-8H,9H2,1-4H3;2-5H,1H3. The van der Waals surface area contributed by atoms with Crippen molar-refractivity contribution >= 4 is 46.0 Å². The highest BCUT2D eigenvalue weighted by Gasteiger charge is 2.50. The first-order valence-electron chi connectivity index (χ1n) is 17.6. The van der Waals surface area contributed by atoms with Gasteiger partial charge in [-0.05, 0) is 109 Å². The molecule has 1 fully saturated rings. The monoisotopic (exact) mass is 874 g/mol. The highest BCUT2D eigenvalue weighted by molar-refractivity contribution is 9.10. The Kier molecular flexibility index (Phi) is 13.1. The molecule has 58 heavy (non-hydrogen) atoms. The molecule has 0 unspecified atom stereocenters. The molecule has 306 valence electrons. The summed E-state index contributed by atoms with van der Waals surface area (Å²) in [4.78, 5) is 31.2. The van der Waals surface area contributed by atoms with Crippen molar-refractivity contribution in [3.8, 4) is 0 Å². The fourth-order valence-corrected chi connectivity index (χ4v) is 6.41. The van der Waals surface area contributed by atoms with Crippen molar-refractivity contribution < 1.29 is 54.7 Å². The van der Waals surface area contributed by atoms with Crippen LogP contribution in [0.5, 0.6) is 0 Å². The minimum Gasteiger partial charge on any atom is -0.464 e. The summed E-state index contributed by atoms with van der Waals surface area (Å²) >= 11 is 3.36. The van der Waals surface area contributed by atoms with Crippen molar-refractivity contribution in [1.82, 2.24) is 18.8 Å². The van der Waals surface area contributed by atoms with E-state index in [-0.39, 0.29) is 5.69 Å². The van der Waals surface area contributed by atoms with Gasteiger partial charge in [0.05, 0.1) is 47.6 Å². The van der Waals surface area contributed by atoms with Gasteiger partial charge < -0.3 is 27.6 Å². The van der Waals surface area contributed by atoms with Crippen molar-refractivity contribution in [3.05, 3.63) is 142 Å². The average Bonchev–Trinajstić information content (AvgIpc) is 3.85. The number of aromatic nitrogens is 4. The van der Waals surface area contributed by atoms with Gasteiger partial charge in [-0.15, -0.1) is 0 Å². The van der Waals surface area contributed by atoms with Gasteiger partial charge in [0.15, 0.2) is 11.4 Å². The minimum atomic E-state index is -4.36. The summed E-state index contributed by atoms with van der Waals surface area (Å²) in [6.07, 6.45) is -1.22. The fourth-order valence-electron chi connectivity index (χ4n) is 5.87. The molecule has 7 rings (SSSR count). The van der Waals surface area contributed by atoms with E-state index in [1.165, 1.54) is 44.8 Å². The van der Waals surface area contributed by atoms with Gasteiger partial charge in [-0.25, -0.2) is 19.6 Å². The molecule has 1 saturated heterocycles. The maximum Gasteiger partial charge on any atom is 0.462 e. The third-order valence-corrected chi connectivity index (χ3v) is 10.2. The smallest absolute Gasteiger partial charge is 0.462 e. The predicted molar refractivity (Wildman–Crippen MR) is 206 cm³/mol. The van der Waals surface area contributed by atoms with Crippen LogP contribution in [0.15, 0.2) is 102 Å². The molecule has 0 bridgehead atoms. The number of fused-ring (bicyclic) bond motifs is 2. The Bertz CT molecular complexity index is 2360. The molecule has 4 aromatic heterocycles. The summed E-state index contributed by atoms with van der Waals surface area (Å²) in [5, 5.41) is 0. The van der Waals surface area contributed by atoms with Crippen LogP contribution in [-0.2, 0) is 43.9 Å². The number of benzene rings is 2. The van der Waals surface area contributed by atoms with E-state index in [1.807, 2.05) is 46.0 Å². The first-order valence-corrected chi connectivity index (χ1v) is 18.3.